The molecule has 0 aliphatic carbocycles. The van der Waals surface area contributed by atoms with Crippen LogP contribution in [-0.2, 0) is 16.1 Å². The van der Waals surface area contributed by atoms with Gasteiger partial charge in [0.1, 0.15) is 11.5 Å². The van der Waals surface area contributed by atoms with Gasteiger partial charge in [-0.2, -0.15) is 0 Å². The van der Waals surface area contributed by atoms with Crippen LogP contribution in [0.5, 0.6) is 0 Å². The summed E-state index contributed by atoms with van der Waals surface area (Å²) in [7, 11) is 1.69. The van der Waals surface area contributed by atoms with Crippen LogP contribution in [0, 0.1) is 12.8 Å². The Morgan fingerprint density at radius 1 is 1.36 bits per heavy atom. The van der Waals surface area contributed by atoms with Gasteiger partial charge in [-0.15, -0.1) is 0 Å². The lowest BCUT2D eigenvalue weighted by Gasteiger charge is -2.47. The molecule has 0 N–H and O–H groups in total. The number of rotatable bonds is 5. The first-order valence-corrected chi connectivity index (χ1v) is 8.23. The van der Waals surface area contributed by atoms with Gasteiger partial charge in [0.25, 0.3) is 0 Å². The Morgan fingerprint density at radius 2 is 2.23 bits per heavy atom. The van der Waals surface area contributed by atoms with E-state index in [4.69, 9.17) is 9.15 Å². The number of likely N-dealkylation sites (tertiary alicyclic amines) is 2. The normalized spacial score (nSPS) is 26.3. The van der Waals surface area contributed by atoms with Crippen LogP contribution in [0.4, 0.5) is 0 Å². The monoisotopic (exact) mass is 306 g/mol. The molecule has 0 aromatic carbocycles. The van der Waals surface area contributed by atoms with Crippen molar-refractivity contribution in [3.8, 4) is 0 Å². The van der Waals surface area contributed by atoms with E-state index in [1.165, 1.54) is 0 Å². The maximum atomic E-state index is 12.2. The summed E-state index contributed by atoms with van der Waals surface area (Å²) in [4.78, 5) is 16.7. The van der Waals surface area contributed by atoms with E-state index in [0.717, 1.165) is 50.5 Å². The van der Waals surface area contributed by atoms with Gasteiger partial charge >= 0.3 is 0 Å². The second-order valence-corrected chi connectivity index (χ2v) is 6.48. The molecule has 1 aromatic rings. The molecule has 0 saturated carbocycles. The Bertz CT molecular complexity index is 514. The first kappa shape index (κ1) is 15.6. The molecule has 2 atom stereocenters. The van der Waals surface area contributed by atoms with Gasteiger partial charge in [0.15, 0.2) is 0 Å². The maximum Gasteiger partial charge on any atom is 0.222 e. The van der Waals surface area contributed by atoms with Crippen LogP contribution >= 0.6 is 0 Å². The standard InChI is InChI=1S/C17H26N2O3/c1-13-3-5-15(22-13)12-18-8-7-16-14(11-18)4-6-17(20)19(16)9-10-21-2/h3,5,14,16H,4,6-12H2,1-2H3/t14-,16+/m1/s1. The number of hydrogen-bond donors (Lipinski definition) is 0. The third-order valence-electron chi connectivity index (χ3n) is 4.94. The van der Waals surface area contributed by atoms with E-state index in [-0.39, 0.29) is 0 Å². The first-order chi connectivity index (χ1) is 10.7. The van der Waals surface area contributed by atoms with Crippen molar-refractivity contribution >= 4 is 5.91 Å². The number of furan rings is 1. The Morgan fingerprint density at radius 3 is 2.95 bits per heavy atom. The molecule has 2 aliphatic heterocycles. The molecule has 1 amide bonds. The molecule has 3 rings (SSSR count). The third kappa shape index (κ3) is 3.36. The number of aryl methyl sites for hydroxylation is 1. The zero-order valence-corrected chi connectivity index (χ0v) is 13.6. The maximum absolute atomic E-state index is 12.2. The number of ether oxygens (including phenoxy) is 1. The molecule has 5 heteroatoms. The molecule has 0 unspecified atom stereocenters. The summed E-state index contributed by atoms with van der Waals surface area (Å²) in [5, 5.41) is 0. The molecule has 0 bridgehead atoms. The van der Waals surface area contributed by atoms with Crippen LogP contribution in [0.15, 0.2) is 16.5 Å². The molecule has 0 radical (unpaired) electrons. The molecule has 2 aliphatic rings. The zero-order chi connectivity index (χ0) is 15.5. The summed E-state index contributed by atoms with van der Waals surface area (Å²) in [6.45, 7) is 6.30. The van der Waals surface area contributed by atoms with E-state index in [1.54, 1.807) is 7.11 Å². The average molecular weight is 306 g/mol. The predicted molar refractivity (Wildman–Crippen MR) is 83.4 cm³/mol. The van der Waals surface area contributed by atoms with Crippen LogP contribution in [-0.4, -0.2) is 55.1 Å². The van der Waals surface area contributed by atoms with Crippen molar-refractivity contribution in [3.05, 3.63) is 23.7 Å². The van der Waals surface area contributed by atoms with Gasteiger partial charge < -0.3 is 14.1 Å². The smallest absolute Gasteiger partial charge is 0.222 e. The fraction of sp³-hybridized carbons (Fsp3) is 0.706. The highest BCUT2D eigenvalue weighted by atomic mass is 16.5. The van der Waals surface area contributed by atoms with E-state index in [2.05, 4.69) is 15.9 Å². The number of fused-ring (bicyclic) bond motifs is 1. The number of amides is 1. The summed E-state index contributed by atoms with van der Waals surface area (Å²) >= 11 is 0. The third-order valence-corrected chi connectivity index (χ3v) is 4.94. The van der Waals surface area contributed by atoms with Crippen LogP contribution in [0.3, 0.4) is 0 Å². The lowest BCUT2D eigenvalue weighted by Crippen LogP contribution is -2.56. The van der Waals surface area contributed by atoms with E-state index in [1.807, 2.05) is 13.0 Å². The number of methoxy groups -OCH3 is 1. The summed E-state index contributed by atoms with van der Waals surface area (Å²) in [6, 6.07) is 4.48. The predicted octanol–water partition coefficient (Wildman–Crippen LogP) is 2.05. The van der Waals surface area contributed by atoms with E-state index < -0.39 is 0 Å². The van der Waals surface area contributed by atoms with Crippen molar-refractivity contribution < 1.29 is 13.9 Å². The Hall–Kier alpha value is -1.33. The van der Waals surface area contributed by atoms with Gasteiger partial charge in [0.2, 0.25) is 5.91 Å². The molecule has 3 heterocycles. The van der Waals surface area contributed by atoms with Crippen molar-refractivity contribution in [2.24, 2.45) is 5.92 Å². The van der Waals surface area contributed by atoms with Gasteiger partial charge in [-0.1, -0.05) is 0 Å². The second-order valence-electron chi connectivity index (χ2n) is 6.48. The minimum absolute atomic E-state index is 0.299. The Labute approximate surface area is 132 Å². The molecule has 5 nitrogen and oxygen atoms in total. The van der Waals surface area contributed by atoms with Crippen molar-refractivity contribution in [1.29, 1.82) is 0 Å². The largest absolute Gasteiger partial charge is 0.465 e. The molecule has 122 valence electrons. The Balaban J connectivity index is 1.60. The van der Waals surface area contributed by atoms with Crippen molar-refractivity contribution in [3.63, 3.8) is 0 Å². The highest BCUT2D eigenvalue weighted by Gasteiger charge is 2.39. The zero-order valence-electron chi connectivity index (χ0n) is 13.6. The lowest BCUT2D eigenvalue weighted by molar-refractivity contribution is -0.142. The minimum Gasteiger partial charge on any atom is -0.465 e. The summed E-state index contributed by atoms with van der Waals surface area (Å²) < 4.78 is 10.8. The number of carbonyl (C=O) groups excluding carboxylic acids is 1. The van der Waals surface area contributed by atoms with E-state index in [0.29, 0.717) is 30.9 Å². The molecule has 1 aromatic heterocycles. The van der Waals surface area contributed by atoms with Crippen molar-refractivity contribution in [2.75, 3.05) is 33.4 Å². The molecule has 22 heavy (non-hydrogen) atoms. The van der Waals surface area contributed by atoms with Gasteiger partial charge in [-0.3, -0.25) is 9.69 Å². The van der Waals surface area contributed by atoms with Crippen LogP contribution < -0.4 is 0 Å². The van der Waals surface area contributed by atoms with Crippen LogP contribution in [0.2, 0.25) is 0 Å². The van der Waals surface area contributed by atoms with Gasteiger partial charge in [-0.05, 0) is 37.8 Å². The number of piperidine rings is 2. The number of carbonyl (C=O) groups is 1. The second kappa shape index (κ2) is 6.84. The quantitative estimate of drug-likeness (QED) is 0.835. The van der Waals surface area contributed by atoms with Gasteiger partial charge in [0, 0.05) is 39.2 Å². The average Bonchev–Trinajstić information content (AvgIpc) is 2.91. The highest BCUT2D eigenvalue weighted by Crippen LogP contribution is 2.31. The van der Waals surface area contributed by atoms with Crippen molar-refractivity contribution in [1.82, 2.24) is 9.80 Å². The lowest BCUT2D eigenvalue weighted by atomic mass is 9.83. The number of hydrogen-bond acceptors (Lipinski definition) is 4. The first-order valence-electron chi connectivity index (χ1n) is 8.23. The molecular formula is C17H26N2O3. The molecule has 0 spiro atoms. The van der Waals surface area contributed by atoms with Gasteiger partial charge in [-0.25, -0.2) is 0 Å². The topological polar surface area (TPSA) is 45.9 Å². The van der Waals surface area contributed by atoms with Crippen LogP contribution in [0.1, 0.15) is 30.8 Å². The highest BCUT2D eigenvalue weighted by molar-refractivity contribution is 5.77. The number of nitrogens with zero attached hydrogens (tertiary/aromatic N) is 2. The van der Waals surface area contributed by atoms with Gasteiger partial charge in [0.05, 0.1) is 13.2 Å². The van der Waals surface area contributed by atoms with E-state index in [9.17, 15) is 4.79 Å². The van der Waals surface area contributed by atoms with Crippen LogP contribution in [0.25, 0.3) is 0 Å². The Kier molecular flexibility index (Phi) is 4.84. The molecule has 2 saturated heterocycles. The summed E-state index contributed by atoms with van der Waals surface area (Å²) in [5.74, 6) is 2.89. The summed E-state index contributed by atoms with van der Waals surface area (Å²) in [6.07, 6.45) is 2.75. The van der Waals surface area contributed by atoms with Crippen molar-refractivity contribution in [2.45, 2.75) is 38.8 Å². The molecule has 2 fully saturated rings. The minimum atomic E-state index is 0.299. The fourth-order valence-electron chi connectivity index (χ4n) is 3.84. The SMILES string of the molecule is COCCN1C(=O)CC[C@@H]2CN(Cc3ccc(C)o3)CC[C@@H]21. The molecular weight excluding hydrogens is 280 g/mol. The van der Waals surface area contributed by atoms with E-state index >= 15 is 0 Å². The summed E-state index contributed by atoms with van der Waals surface area (Å²) in [5.41, 5.74) is 0. The fourth-order valence-corrected chi connectivity index (χ4v) is 3.84.